The zero-order valence-electron chi connectivity index (χ0n) is 19.9. The van der Waals surface area contributed by atoms with E-state index in [1.165, 1.54) is 22.5 Å². The van der Waals surface area contributed by atoms with Crippen LogP contribution in [0.3, 0.4) is 0 Å². The molecule has 3 N–H and O–H groups in total. The number of nitrogens with zero attached hydrogens (tertiary/aromatic N) is 1. The van der Waals surface area contributed by atoms with Crippen molar-refractivity contribution in [2.24, 2.45) is 0 Å². The molecule has 0 fully saturated rings. The average molecular weight is 528 g/mol. The summed E-state index contributed by atoms with van der Waals surface area (Å²) in [5.74, 6) is -1.16. The SMILES string of the molecule is CC.O=C(/C=C/c1ccc(CN(Cc2ccc(Cl)cc2Cl)C(=O)NC(=O)c2ccccc2)cc1)NO. The Balaban J connectivity index is 0.00000222. The van der Waals surface area contributed by atoms with Crippen LogP contribution in [0.4, 0.5) is 4.79 Å². The smallest absolute Gasteiger partial charge is 0.316 e. The number of carbonyl (C=O) groups is 3. The van der Waals surface area contributed by atoms with Gasteiger partial charge in [-0.05, 0) is 47.0 Å². The highest BCUT2D eigenvalue weighted by atomic mass is 35.5. The number of nitrogens with one attached hydrogen (secondary N) is 2. The van der Waals surface area contributed by atoms with Crippen LogP contribution >= 0.6 is 23.2 Å². The molecule has 188 valence electrons. The van der Waals surface area contributed by atoms with Crippen LogP contribution < -0.4 is 10.8 Å². The van der Waals surface area contributed by atoms with E-state index in [9.17, 15) is 14.4 Å². The zero-order valence-corrected chi connectivity index (χ0v) is 21.4. The lowest BCUT2D eigenvalue weighted by Crippen LogP contribution is -2.42. The summed E-state index contributed by atoms with van der Waals surface area (Å²) < 4.78 is 0. The maximum Gasteiger partial charge on any atom is 0.324 e. The largest absolute Gasteiger partial charge is 0.324 e. The molecule has 3 rings (SSSR count). The molecule has 0 spiro atoms. The molecule has 9 heteroatoms. The van der Waals surface area contributed by atoms with Crippen LogP contribution in [0.15, 0.2) is 78.9 Å². The second kappa shape index (κ2) is 14.7. The van der Waals surface area contributed by atoms with Gasteiger partial charge < -0.3 is 4.90 Å². The fraction of sp³-hybridized carbons (Fsp3) is 0.148. The number of benzene rings is 3. The molecule has 0 atom stereocenters. The van der Waals surface area contributed by atoms with Gasteiger partial charge in [0.15, 0.2) is 0 Å². The minimum atomic E-state index is -0.644. The third kappa shape index (κ3) is 8.85. The number of imide groups is 1. The van der Waals surface area contributed by atoms with Gasteiger partial charge in [0.05, 0.1) is 0 Å². The molecule has 0 aliphatic heterocycles. The fourth-order valence-electron chi connectivity index (χ4n) is 3.06. The molecular formula is C27H27Cl2N3O4. The van der Waals surface area contributed by atoms with Gasteiger partial charge in [0, 0.05) is 34.8 Å². The highest BCUT2D eigenvalue weighted by molar-refractivity contribution is 6.35. The summed E-state index contributed by atoms with van der Waals surface area (Å²) in [4.78, 5) is 38.1. The van der Waals surface area contributed by atoms with Gasteiger partial charge in [-0.2, -0.15) is 0 Å². The molecule has 0 aliphatic carbocycles. The Morgan fingerprint density at radius 3 is 2.19 bits per heavy atom. The lowest BCUT2D eigenvalue weighted by molar-refractivity contribution is -0.124. The number of amides is 4. The first-order valence-corrected chi connectivity index (χ1v) is 11.9. The second-order valence-corrected chi connectivity index (χ2v) is 8.11. The Bertz CT molecular complexity index is 1200. The topological polar surface area (TPSA) is 98.7 Å². The first-order chi connectivity index (χ1) is 17.4. The van der Waals surface area contributed by atoms with Crippen molar-refractivity contribution in [1.82, 2.24) is 15.7 Å². The lowest BCUT2D eigenvalue weighted by Gasteiger charge is -2.24. The summed E-state index contributed by atoms with van der Waals surface area (Å²) in [6, 6.07) is 20.0. The summed E-state index contributed by atoms with van der Waals surface area (Å²) in [5.41, 5.74) is 4.07. The molecule has 0 radical (unpaired) electrons. The van der Waals surface area contributed by atoms with Crippen LogP contribution in [0.5, 0.6) is 0 Å². The molecule has 0 unspecified atom stereocenters. The summed E-state index contributed by atoms with van der Waals surface area (Å²) in [6.45, 7) is 4.33. The van der Waals surface area contributed by atoms with Crippen LogP contribution in [0.2, 0.25) is 10.0 Å². The molecule has 4 amide bonds. The summed E-state index contributed by atoms with van der Waals surface area (Å²) >= 11 is 12.3. The summed E-state index contributed by atoms with van der Waals surface area (Å²) in [5, 5.41) is 11.9. The van der Waals surface area contributed by atoms with E-state index in [2.05, 4.69) is 5.32 Å². The standard InChI is InChI=1S/C25H21Cl2N3O4.C2H6/c26-21-12-11-20(22(27)14-21)16-30(25(33)28-24(32)19-4-2-1-3-5-19)15-18-8-6-17(7-9-18)10-13-23(31)29-34;1-2/h1-14,34H,15-16H2,(H,29,31)(H,28,32,33);1-2H3/b13-10+;. The molecule has 7 nitrogen and oxygen atoms in total. The highest BCUT2D eigenvalue weighted by Crippen LogP contribution is 2.23. The Morgan fingerprint density at radius 2 is 1.58 bits per heavy atom. The molecule has 0 saturated heterocycles. The Labute approximate surface area is 220 Å². The van der Waals surface area contributed by atoms with E-state index in [4.69, 9.17) is 28.4 Å². The van der Waals surface area contributed by atoms with Crippen LogP contribution in [-0.4, -0.2) is 28.0 Å². The van der Waals surface area contributed by atoms with Gasteiger partial charge >= 0.3 is 6.03 Å². The van der Waals surface area contributed by atoms with Crippen molar-refractivity contribution in [3.05, 3.63) is 111 Å². The number of urea groups is 1. The van der Waals surface area contributed by atoms with E-state index >= 15 is 0 Å². The minimum Gasteiger partial charge on any atom is -0.316 e. The van der Waals surface area contributed by atoms with E-state index in [1.54, 1.807) is 72.8 Å². The second-order valence-electron chi connectivity index (χ2n) is 7.27. The Hall–Kier alpha value is -3.65. The van der Waals surface area contributed by atoms with Gasteiger partial charge in [-0.25, -0.2) is 10.3 Å². The molecule has 0 aromatic heterocycles. The van der Waals surface area contributed by atoms with E-state index in [1.807, 2.05) is 13.8 Å². The number of hydrogen-bond acceptors (Lipinski definition) is 4. The molecule has 0 heterocycles. The van der Waals surface area contributed by atoms with Crippen molar-refractivity contribution < 1.29 is 19.6 Å². The van der Waals surface area contributed by atoms with E-state index in [0.717, 1.165) is 11.1 Å². The van der Waals surface area contributed by atoms with Gasteiger partial charge in [-0.15, -0.1) is 0 Å². The van der Waals surface area contributed by atoms with E-state index < -0.39 is 17.8 Å². The third-order valence-corrected chi connectivity index (χ3v) is 5.40. The Kier molecular flexibility index (Phi) is 11.7. The average Bonchev–Trinajstić information content (AvgIpc) is 2.90. The van der Waals surface area contributed by atoms with Gasteiger partial charge in [-0.3, -0.25) is 20.1 Å². The molecule has 0 aliphatic rings. The molecule has 3 aromatic carbocycles. The molecular weight excluding hydrogens is 501 g/mol. The highest BCUT2D eigenvalue weighted by Gasteiger charge is 2.19. The molecule has 0 saturated carbocycles. The van der Waals surface area contributed by atoms with Gasteiger partial charge in [0.2, 0.25) is 0 Å². The monoisotopic (exact) mass is 527 g/mol. The molecule has 3 aromatic rings. The van der Waals surface area contributed by atoms with Gasteiger partial charge in [0.25, 0.3) is 11.8 Å². The van der Waals surface area contributed by atoms with Crippen molar-refractivity contribution in [3.63, 3.8) is 0 Å². The van der Waals surface area contributed by atoms with Crippen LogP contribution in [0.25, 0.3) is 6.08 Å². The Morgan fingerprint density at radius 1 is 0.917 bits per heavy atom. The van der Waals surface area contributed by atoms with Crippen LogP contribution in [0.1, 0.15) is 40.9 Å². The minimum absolute atomic E-state index is 0.141. The van der Waals surface area contributed by atoms with E-state index in [0.29, 0.717) is 21.2 Å². The number of rotatable bonds is 7. The van der Waals surface area contributed by atoms with Crippen molar-refractivity contribution in [2.45, 2.75) is 26.9 Å². The lowest BCUT2D eigenvalue weighted by atomic mass is 10.1. The first-order valence-electron chi connectivity index (χ1n) is 11.2. The van der Waals surface area contributed by atoms with Crippen LogP contribution in [0, 0.1) is 0 Å². The number of carbonyl (C=O) groups excluding carboxylic acids is 3. The maximum atomic E-state index is 13.0. The summed E-state index contributed by atoms with van der Waals surface area (Å²) in [7, 11) is 0. The van der Waals surface area contributed by atoms with Crippen molar-refractivity contribution in [3.8, 4) is 0 Å². The van der Waals surface area contributed by atoms with Crippen molar-refractivity contribution >= 4 is 47.1 Å². The quantitative estimate of drug-likeness (QED) is 0.196. The zero-order chi connectivity index (χ0) is 26.5. The fourth-order valence-corrected chi connectivity index (χ4v) is 3.52. The van der Waals surface area contributed by atoms with Crippen molar-refractivity contribution in [1.29, 1.82) is 0 Å². The van der Waals surface area contributed by atoms with Crippen molar-refractivity contribution in [2.75, 3.05) is 0 Å². The third-order valence-electron chi connectivity index (χ3n) is 4.81. The number of hydroxylamine groups is 1. The van der Waals surface area contributed by atoms with Crippen LogP contribution in [-0.2, 0) is 17.9 Å². The normalized spacial score (nSPS) is 10.2. The number of hydrogen-bond donors (Lipinski definition) is 3. The van der Waals surface area contributed by atoms with E-state index in [-0.39, 0.29) is 13.1 Å². The van der Waals surface area contributed by atoms with Gasteiger partial charge in [0.1, 0.15) is 0 Å². The van der Waals surface area contributed by atoms with Gasteiger partial charge in [-0.1, -0.05) is 85.6 Å². The predicted molar refractivity (Wildman–Crippen MR) is 142 cm³/mol. The number of halogens is 2. The predicted octanol–water partition coefficient (Wildman–Crippen LogP) is 6.09. The molecule has 0 bridgehead atoms. The summed E-state index contributed by atoms with van der Waals surface area (Å²) in [6.07, 6.45) is 2.72. The maximum absolute atomic E-state index is 13.0. The molecule has 36 heavy (non-hydrogen) atoms. The first kappa shape index (κ1) is 28.6.